The molecule has 0 atom stereocenters. The van der Waals surface area contributed by atoms with E-state index in [1.165, 1.54) is 31.7 Å². The molecule has 0 bridgehead atoms. The average Bonchev–Trinajstić information content (AvgIpc) is 2.80. The summed E-state index contributed by atoms with van der Waals surface area (Å²) in [6.45, 7) is 1.65. The zero-order chi connectivity index (χ0) is 13.8. The summed E-state index contributed by atoms with van der Waals surface area (Å²) in [6, 6.07) is 4.26. The molecule has 0 spiro atoms. The third-order valence-electron chi connectivity index (χ3n) is 3.78. The molecular weight excluding hydrogens is 244 g/mol. The lowest BCUT2D eigenvalue weighted by Crippen LogP contribution is -2.31. The van der Waals surface area contributed by atoms with Crippen molar-refractivity contribution in [1.82, 2.24) is 4.90 Å². The van der Waals surface area contributed by atoms with E-state index < -0.39 is 12.9 Å². The SMILES string of the molecule is CN(Cc1cc(F)cc(B(O)O)c1)CC1CCCC1. The Balaban J connectivity index is 1.97. The normalized spacial score (nSPS) is 16.3. The van der Waals surface area contributed by atoms with Gasteiger partial charge in [-0.2, -0.15) is 0 Å². The minimum Gasteiger partial charge on any atom is -0.423 e. The van der Waals surface area contributed by atoms with E-state index in [-0.39, 0.29) is 5.46 Å². The molecule has 3 nitrogen and oxygen atoms in total. The molecule has 0 saturated heterocycles. The molecule has 0 amide bonds. The molecule has 5 heteroatoms. The van der Waals surface area contributed by atoms with E-state index in [1.54, 1.807) is 6.07 Å². The summed E-state index contributed by atoms with van der Waals surface area (Å²) in [5, 5.41) is 18.2. The number of nitrogens with zero attached hydrogens (tertiary/aromatic N) is 1. The van der Waals surface area contributed by atoms with E-state index in [9.17, 15) is 4.39 Å². The van der Waals surface area contributed by atoms with Crippen molar-refractivity contribution in [3.05, 3.63) is 29.6 Å². The van der Waals surface area contributed by atoms with E-state index in [2.05, 4.69) is 4.90 Å². The first-order valence-corrected chi connectivity index (χ1v) is 6.88. The van der Waals surface area contributed by atoms with Crippen molar-refractivity contribution in [2.24, 2.45) is 5.92 Å². The van der Waals surface area contributed by atoms with Gasteiger partial charge in [0.25, 0.3) is 0 Å². The van der Waals surface area contributed by atoms with Gasteiger partial charge in [-0.25, -0.2) is 4.39 Å². The van der Waals surface area contributed by atoms with Gasteiger partial charge in [0.2, 0.25) is 0 Å². The van der Waals surface area contributed by atoms with Crippen LogP contribution in [0, 0.1) is 11.7 Å². The Kier molecular flexibility index (Phi) is 4.96. The van der Waals surface area contributed by atoms with E-state index >= 15 is 0 Å². The molecule has 19 heavy (non-hydrogen) atoms. The largest absolute Gasteiger partial charge is 0.488 e. The summed E-state index contributed by atoms with van der Waals surface area (Å²) in [6.07, 6.45) is 5.21. The Hall–Kier alpha value is -0.905. The summed E-state index contributed by atoms with van der Waals surface area (Å²) in [7, 11) is 0.410. The van der Waals surface area contributed by atoms with Crippen LogP contribution in [0.4, 0.5) is 4.39 Å². The van der Waals surface area contributed by atoms with Gasteiger partial charge in [-0.15, -0.1) is 0 Å². The van der Waals surface area contributed by atoms with Crippen molar-refractivity contribution in [2.75, 3.05) is 13.6 Å². The third-order valence-corrected chi connectivity index (χ3v) is 3.78. The smallest absolute Gasteiger partial charge is 0.423 e. The van der Waals surface area contributed by atoms with Gasteiger partial charge >= 0.3 is 7.12 Å². The van der Waals surface area contributed by atoms with E-state index in [0.29, 0.717) is 6.54 Å². The van der Waals surface area contributed by atoms with Gasteiger partial charge in [-0.1, -0.05) is 18.9 Å². The first kappa shape index (κ1) is 14.5. The maximum Gasteiger partial charge on any atom is 0.488 e. The Morgan fingerprint density at radius 3 is 2.58 bits per heavy atom. The molecule has 1 aromatic rings. The molecule has 1 aliphatic rings. The van der Waals surface area contributed by atoms with Gasteiger partial charge in [0, 0.05) is 13.1 Å². The van der Waals surface area contributed by atoms with Crippen LogP contribution in [-0.2, 0) is 6.54 Å². The summed E-state index contributed by atoms with van der Waals surface area (Å²) in [5.41, 5.74) is 0.993. The molecule has 104 valence electrons. The molecule has 1 fully saturated rings. The maximum absolute atomic E-state index is 13.4. The number of halogens is 1. The van der Waals surface area contributed by atoms with Crippen LogP contribution in [0.2, 0.25) is 0 Å². The topological polar surface area (TPSA) is 43.7 Å². The van der Waals surface area contributed by atoms with E-state index in [0.717, 1.165) is 24.1 Å². The minimum atomic E-state index is -1.62. The Labute approximate surface area is 114 Å². The second-order valence-corrected chi connectivity index (χ2v) is 5.61. The van der Waals surface area contributed by atoms with Crippen LogP contribution in [0.5, 0.6) is 0 Å². The average molecular weight is 265 g/mol. The lowest BCUT2D eigenvalue weighted by atomic mass is 9.79. The van der Waals surface area contributed by atoms with Gasteiger partial charge in [0.15, 0.2) is 0 Å². The highest BCUT2D eigenvalue weighted by Gasteiger charge is 2.18. The highest BCUT2D eigenvalue weighted by molar-refractivity contribution is 6.58. The number of hydrogen-bond donors (Lipinski definition) is 2. The van der Waals surface area contributed by atoms with Gasteiger partial charge < -0.3 is 14.9 Å². The number of benzene rings is 1. The predicted octanol–water partition coefficient (Wildman–Crippen LogP) is 1.13. The Morgan fingerprint density at radius 1 is 1.26 bits per heavy atom. The van der Waals surface area contributed by atoms with Crippen molar-refractivity contribution in [1.29, 1.82) is 0 Å². The highest BCUT2D eigenvalue weighted by atomic mass is 19.1. The van der Waals surface area contributed by atoms with Gasteiger partial charge in [-0.05, 0) is 49.0 Å². The lowest BCUT2D eigenvalue weighted by molar-refractivity contribution is 0.271. The molecule has 0 aromatic heterocycles. The fourth-order valence-corrected chi connectivity index (χ4v) is 2.93. The minimum absolute atomic E-state index is 0.212. The fraction of sp³-hybridized carbons (Fsp3) is 0.571. The Morgan fingerprint density at radius 2 is 1.95 bits per heavy atom. The van der Waals surface area contributed by atoms with Crippen LogP contribution in [0.15, 0.2) is 18.2 Å². The summed E-state index contributed by atoms with van der Waals surface area (Å²) in [4.78, 5) is 2.18. The van der Waals surface area contributed by atoms with Crippen LogP contribution in [0.25, 0.3) is 0 Å². The van der Waals surface area contributed by atoms with E-state index in [4.69, 9.17) is 10.0 Å². The third kappa shape index (κ3) is 4.30. The second kappa shape index (κ2) is 6.50. The molecule has 2 N–H and O–H groups in total. The Bertz CT molecular complexity index is 422. The second-order valence-electron chi connectivity index (χ2n) is 5.61. The molecule has 0 aliphatic heterocycles. The van der Waals surface area contributed by atoms with Crippen LogP contribution in [-0.4, -0.2) is 35.7 Å². The summed E-state index contributed by atoms with van der Waals surface area (Å²) >= 11 is 0. The predicted molar refractivity (Wildman–Crippen MR) is 74.5 cm³/mol. The molecule has 0 heterocycles. The van der Waals surface area contributed by atoms with Crippen LogP contribution in [0.3, 0.4) is 0 Å². The summed E-state index contributed by atoms with van der Waals surface area (Å²) < 4.78 is 13.4. The maximum atomic E-state index is 13.4. The first-order chi connectivity index (χ1) is 9.04. The molecule has 0 radical (unpaired) electrons. The van der Waals surface area contributed by atoms with Crippen molar-refractivity contribution in [3.63, 3.8) is 0 Å². The van der Waals surface area contributed by atoms with Crippen LogP contribution >= 0.6 is 0 Å². The van der Waals surface area contributed by atoms with E-state index in [1.807, 2.05) is 7.05 Å². The molecule has 1 aliphatic carbocycles. The first-order valence-electron chi connectivity index (χ1n) is 6.88. The highest BCUT2D eigenvalue weighted by Crippen LogP contribution is 2.25. The lowest BCUT2D eigenvalue weighted by Gasteiger charge is -2.21. The van der Waals surface area contributed by atoms with Crippen LogP contribution in [0.1, 0.15) is 31.2 Å². The monoisotopic (exact) mass is 265 g/mol. The zero-order valence-electron chi connectivity index (χ0n) is 11.3. The quantitative estimate of drug-likeness (QED) is 0.784. The number of hydrogen-bond acceptors (Lipinski definition) is 3. The summed E-state index contributed by atoms with van der Waals surface area (Å²) in [5.74, 6) is 0.330. The molecular formula is C14H21BFNO2. The molecule has 1 aromatic carbocycles. The van der Waals surface area contributed by atoms with Gasteiger partial charge in [0.05, 0.1) is 0 Å². The van der Waals surface area contributed by atoms with Crippen molar-refractivity contribution < 1.29 is 14.4 Å². The van der Waals surface area contributed by atoms with Gasteiger partial charge in [-0.3, -0.25) is 0 Å². The van der Waals surface area contributed by atoms with Gasteiger partial charge in [0.1, 0.15) is 5.82 Å². The van der Waals surface area contributed by atoms with Crippen molar-refractivity contribution in [3.8, 4) is 0 Å². The zero-order valence-corrected chi connectivity index (χ0v) is 11.3. The fourth-order valence-electron chi connectivity index (χ4n) is 2.93. The molecule has 1 saturated carbocycles. The van der Waals surface area contributed by atoms with Crippen molar-refractivity contribution in [2.45, 2.75) is 32.2 Å². The van der Waals surface area contributed by atoms with Crippen molar-refractivity contribution >= 4 is 12.6 Å². The standard InChI is InChI=1S/C14H21BFNO2/c1-17(9-11-4-2-3-5-11)10-12-6-13(15(18)19)8-14(16)7-12/h6-8,11,18-19H,2-5,9-10H2,1H3. The molecule has 0 unspecified atom stereocenters. The van der Waals surface area contributed by atoms with Crippen LogP contribution < -0.4 is 5.46 Å². The number of rotatable bonds is 5. The molecule has 2 rings (SSSR count).